The second-order valence-electron chi connectivity index (χ2n) is 16.7. The Kier molecular flexibility index (Phi) is 47.5. The van der Waals surface area contributed by atoms with Gasteiger partial charge in [0.05, 0.1) is 0 Å². The molecule has 1 unspecified atom stereocenters. The molecule has 0 spiro atoms. The van der Waals surface area contributed by atoms with Gasteiger partial charge in [0.1, 0.15) is 13.2 Å². The number of esters is 3. The molecule has 0 bridgehead atoms. The number of carbonyl (C=O) groups excluding carboxylic acids is 3. The van der Waals surface area contributed by atoms with Gasteiger partial charge in [-0.1, -0.05) is 209 Å². The summed E-state index contributed by atoms with van der Waals surface area (Å²) in [6.07, 6.45) is 64.3. The van der Waals surface area contributed by atoms with E-state index in [2.05, 4.69) is 106 Å². The first kappa shape index (κ1) is 58.6. The molecule has 0 fully saturated rings. The molecule has 0 aliphatic rings. The topological polar surface area (TPSA) is 78.9 Å². The Morgan fingerprint density at radius 1 is 0.339 bits per heavy atom. The molecule has 6 nitrogen and oxygen atoms in total. The van der Waals surface area contributed by atoms with Gasteiger partial charge < -0.3 is 14.2 Å². The Hall–Kier alpha value is -3.41. The number of allylic oxidation sites excluding steroid dienone is 14. The fourth-order valence-electron chi connectivity index (χ4n) is 6.80. The van der Waals surface area contributed by atoms with Crippen LogP contribution in [0.15, 0.2) is 85.1 Å². The van der Waals surface area contributed by atoms with Gasteiger partial charge >= 0.3 is 17.9 Å². The molecular formula is C56H94O6. The Labute approximate surface area is 382 Å². The van der Waals surface area contributed by atoms with E-state index in [1.165, 1.54) is 70.6 Å². The van der Waals surface area contributed by atoms with Gasteiger partial charge in [-0.05, 0) is 89.9 Å². The molecule has 0 radical (unpaired) electrons. The fraction of sp³-hybridized carbons (Fsp3) is 0.696. The third-order valence-electron chi connectivity index (χ3n) is 10.6. The third-order valence-corrected chi connectivity index (χ3v) is 10.6. The van der Waals surface area contributed by atoms with Gasteiger partial charge in [-0.15, -0.1) is 0 Å². The summed E-state index contributed by atoms with van der Waals surface area (Å²) in [6, 6.07) is 0. The molecule has 0 aliphatic heterocycles. The second-order valence-corrected chi connectivity index (χ2v) is 16.7. The van der Waals surface area contributed by atoms with Crippen LogP contribution in [-0.2, 0) is 28.6 Å². The summed E-state index contributed by atoms with van der Waals surface area (Å²) in [5.41, 5.74) is 0. The first-order valence-electron chi connectivity index (χ1n) is 25.6. The van der Waals surface area contributed by atoms with Gasteiger partial charge in [-0.25, -0.2) is 0 Å². The highest BCUT2D eigenvalue weighted by Crippen LogP contribution is 2.14. The van der Waals surface area contributed by atoms with Crippen molar-refractivity contribution in [3.8, 4) is 0 Å². The van der Waals surface area contributed by atoms with Crippen LogP contribution in [0.1, 0.15) is 233 Å². The number of unbranched alkanes of at least 4 members (excludes halogenated alkanes) is 20. The number of rotatable bonds is 45. The molecule has 0 aliphatic carbocycles. The van der Waals surface area contributed by atoms with Crippen molar-refractivity contribution in [2.24, 2.45) is 0 Å². The molecule has 354 valence electrons. The number of hydrogen-bond donors (Lipinski definition) is 0. The summed E-state index contributed by atoms with van der Waals surface area (Å²) in [5.74, 6) is -0.927. The smallest absolute Gasteiger partial charge is 0.306 e. The van der Waals surface area contributed by atoms with Crippen molar-refractivity contribution in [3.05, 3.63) is 85.1 Å². The minimum absolute atomic E-state index is 0.0885. The predicted molar refractivity (Wildman–Crippen MR) is 265 cm³/mol. The molecule has 0 saturated heterocycles. The highest BCUT2D eigenvalue weighted by Gasteiger charge is 2.19. The van der Waals surface area contributed by atoms with Crippen LogP contribution in [0.25, 0.3) is 0 Å². The van der Waals surface area contributed by atoms with Crippen LogP contribution >= 0.6 is 0 Å². The van der Waals surface area contributed by atoms with Gasteiger partial charge in [0.25, 0.3) is 0 Å². The fourth-order valence-corrected chi connectivity index (χ4v) is 6.80. The quantitative estimate of drug-likeness (QED) is 0.0263. The van der Waals surface area contributed by atoms with Crippen molar-refractivity contribution in [1.82, 2.24) is 0 Å². The van der Waals surface area contributed by atoms with Crippen LogP contribution in [0.5, 0.6) is 0 Å². The van der Waals surface area contributed by atoms with Crippen molar-refractivity contribution in [3.63, 3.8) is 0 Å². The van der Waals surface area contributed by atoms with E-state index < -0.39 is 6.10 Å². The number of carbonyl (C=O) groups is 3. The number of ether oxygens (including phenoxy) is 3. The average molecular weight is 863 g/mol. The molecule has 0 amide bonds. The zero-order valence-corrected chi connectivity index (χ0v) is 40.4. The summed E-state index contributed by atoms with van der Waals surface area (Å²) in [4.78, 5) is 37.8. The van der Waals surface area contributed by atoms with E-state index in [0.29, 0.717) is 19.3 Å². The molecule has 0 aromatic rings. The highest BCUT2D eigenvalue weighted by molar-refractivity contribution is 5.71. The predicted octanol–water partition coefficient (Wildman–Crippen LogP) is 16.8. The van der Waals surface area contributed by atoms with Crippen molar-refractivity contribution in [2.45, 2.75) is 239 Å². The van der Waals surface area contributed by atoms with E-state index in [9.17, 15) is 14.4 Å². The van der Waals surface area contributed by atoms with E-state index in [4.69, 9.17) is 14.2 Å². The zero-order chi connectivity index (χ0) is 45.1. The lowest BCUT2D eigenvalue weighted by molar-refractivity contribution is -0.167. The lowest BCUT2D eigenvalue weighted by Crippen LogP contribution is -2.30. The summed E-state index contributed by atoms with van der Waals surface area (Å²) < 4.78 is 16.7. The summed E-state index contributed by atoms with van der Waals surface area (Å²) in [5, 5.41) is 0. The van der Waals surface area contributed by atoms with Gasteiger partial charge in [0.2, 0.25) is 0 Å². The van der Waals surface area contributed by atoms with Crippen molar-refractivity contribution >= 4 is 17.9 Å². The van der Waals surface area contributed by atoms with Crippen LogP contribution < -0.4 is 0 Å². The maximum atomic E-state index is 12.7. The van der Waals surface area contributed by atoms with Crippen LogP contribution in [0.2, 0.25) is 0 Å². The Morgan fingerprint density at radius 2 is 0.661 bits per heavy atom. The molecule has 0 rings (SSSR count). The van der Waals surface area contributed by atoms with Crippen LogP contribution in [0.4, 0.5) is 0 Å². The summed E-state index contributed by atoms with van der Waals surface area (Å²) >= 11 is 0. The van der Waals surface area contributed by atoms with Crippen LogP contribution in [-0.4, -0.2) is 37.2 Å². The molecule has 0 aromatic carbocycles. The molecule has 0 saturated carbocycles. The van der Waals surface area contributed by atoms with E-state index in [1.54, 1.807) is 0 Å². The van der Waals surface area contributed by atoms with Gasteiger partial charge in [0.15, 0.2) is 6.10 Å². The lowest BCUT2D eigenvalue weighted by Gasteiger charge is -2.18. The number of hydrogen-bond acceptors (Lipinski definition) is 6. The Bertz CT molecular complexity index is 1220. The molecule has 0 heterocycles. The molecule has 6 heteroatoms. The van der Waals surface area contributed by atoms with Crippen molar-refractivity contribution in [1.29, 1.82) is 0 Å². The minimum atomic E-state index is -0.787. The maximum Gasteiger partial charge on any atom is 0.306 e. The first-order valence-corrected chi connectivity index (χ1v) is 25.6. The third kappa shape index (κ3) is 47.6. The largest absolute Gasteiger partial charge is 0.462 e. The van der Waals surface area contributed by atoms with Crippen LogP contribution in [0, 0.1) is 0 Å². The SMILES string of the molecule is CC/C=C\C/C=C\C/C=C\C/C=C\C/C=C\C/C=C\CCCCCCC(=O)OCC(COC(=O)CCCCCCC/C=C\CCC)OC(=O)CCCCCCCCCCCCC. The summed E-state index contributed by atoms with van der Waals surface area (Å²) in [7, 11) is 0. The molecule has 0 aromatic heterocycles. The highest BCUT2D eigenvalue weighted by atomic mass is 16.6. The van der Waals surface area contributed by atoms with Gasteiger partial charge in [-0.2, -0.15) is 0 Å². The monoisotopic (exact) mass is 863 g/mol. The van der Waals surface area contributed by atoms with Crippen LogP contribution in [0.3, 0.4) is 0 Å². The first-order chi connectivity index (χ1) is 30.5. The van der Waals surface area contributed by atoms with E-state index >= 15 is 0 Å². The molecule has 62 heavy (non-hydrogen) atoms. The normalized spacial score (nSPS) is 12.8. The lowest BCUT2D eigenvalue weighted by atomic mass is 10.1. The Morgan fingerprint density at radius 3 is 1.06 bits per heavy atom. The van der Waals surface area contributed by atoms with Crippen molar-refractivity contribution < 1.29 is 28.6 Å². The zero-order valence-electron chi connectivity index (χ0n) is 40.4. The Balaban J connectivity index is 4.34. The molecular weight excluding hydrogens is 769 g/mol. The van der Waals surface area contributed by atoms with E-state index in [-0.39, 0.29) is 31.1 Å². The summed E-state index contributed by atoms with van der Waals surface area (Å²) in [6.45, 7) is 6.42. The molecule has 0 N–H and O–H groups in total. The van der Waals surface area contributed by atoms with Crippen molar-refractivity contribution in [2.75, 3.05) is 13.2 Å². The van der Waals surface area contributed by atoms with Gasteiger partial charge in [-0.3, -0.25) is 14.4 Å². The van der Waals surface area contributed by atoms with E-state index in [0.717, 1.165) is 122 Å². The second kappa shape index (κ2) is 50.2. The maximum absolute atomic E-state index is 12.7. The minimum Gasteiger partial charge on any atom is -0.462 e. The van der Waals surface area contributed by atoms with Gasteiger partial charge in [0, 0.05) is 19.3 Å². The molecule has 1 atom stereocenters. The average Bonchev–Trinajstić information content (AvgIpc) is 3.27. The standard InChI is InChI=1S/C56H94O6/c1-4-7-10-13-16-19-22-23-24-25-26-27-28-29-30-31-32-33-35-37-40-43-46-49-55(58)61-52-53(51-60-54(57)48-45-42-39-36-21-18-15-12-9-6-3)62-56(59)50-47-44-41-38-34-20-17-14-11-8-5-2/h7,10,12,15-16,19,23-24,26-27,29-30,32-33,53H,4-6,8-9,11,13-14,17-18,20-22,25,28,31,34-52H2,1-3H3/b10-7-,15-12-,19-16-,24-23-,27-26-,30-29-,33-32-. The van der Waals surface area contributed by atoms with E-state index in [1.807, 2.05) is 0 Å².